The van der Waals surface area contributed by atoms with Gasteiger partial charge in [0.1, 0.15) is 0 Å². The third-order valence-corrected chi connectivity index (χ3v) is 6.22. The van der Waals surface area contributed by atoms with Crippen LogP contribution in [0.4, 0.5) is 5.69 Å². The summed E-state index contributed by atoms with van der Waals surface area (Å²) in [5.74, 6) is -0.00134. The lowest BCUT2D eigenvalue weighted by molar-refractivity contribution is 0.577. The molecule has 1 N–H and O–H groups in total. The van der Waals surface area contributed by atoms with Crippen LogP contribution < -0.4 is 9.03 Å². The van der Waals surface area contributed by atoms with E-state index in [9.17, 15) is 16.8 Å². The molecule has 0 saturated carbocycles. The lowest BCUT2D eigenvalue weighted by Crippen LogP contribution is -2.38. The van der Waals surface area contributed by atoms with E-state index in [2.05, 4.69) is 4.72 Å². The van der Waals surface area contributed by atoms with E-state index in [0.29, 0.717) is 17.1 Å². The molecule has 0 fully saturated rings. The molecule has 22 heavy (non-hydrogen) atoms. The Kier molecular flexibility index (Phi) is 6.94. The van der Waals surface area contributed by atoms with Crippen LogP contribution in [0.3, 0.4) is 0 Å². The lowest BCUT2D eigenvalue weighted by atomic mass is 10.3. The summed E-state index contributed by atoms with van der Waals surface area (Å²) < 4.78 is 50.4. The van der Waals surface area contributed by atoms with Crippen LogP contribution in [0.25, 0.3) is 0 Å². The van der Waals surface area contributed by atoms with Gasteiger partial charge >= 0.3 is 0 Å². The third kappa shape index (κ3) is 5.92. The molecule has 1 aromatic carbocycles. The van der Waals surface area contributed by atoms with Crippen molar-refractivity contribution in [1.29, 1.82) is 0 Å². The van der Waals surface area contributed by atoms with Crippen molar-refractivity contribution in [2.24, 2.45) is 0 Å². The quantitative estimate of drug-likeness (QED) is 0.738. The molecule has 0 aromatic heterocycles. The molecule has 0 spiro atoms. The van der Waals surface area contributed by atoms with E-state index < -0.39 is 20.0 Å². The Morgan fingerprint density at radius 2 is 1.77 bits per heavy atom. The van der Waals surface area contributed by atoms with Gasteiger partial charge in [-0.05, 0) is 24.6 Å². The standard InChI is InChI=1S/C12H18Cl2N2O4S2/c1-3-8-22(19,20)15-6-7-16(21(2,17)18)10-4-5-11(13)12(14)9-10/h4-5,9,15H,3,6-8H2,1-2H3. The van der Waals surface area contributed by atoms with Gasteiger partial charge in [0, 0.05) is 13.1 Å². The molecule has 0 saturated heterocycles. The Hall–Kier alpha value is -0.540. The first-order chi connectivity index (χ1) is 10.1. The largest absolute Gasteiger partial charge is 0.269 e. The summed E-state index contributed by atoms with van der Waals surface area (Å²) in [5, 5.41) is 0.530. The van der Waals surface area contributed by atoms with E-state index in [1.807, 2.05) is 0 Å². The molecule has 6 nitrogen and oxygen atoms in total. The van der Waals surface area contributed by atoms with Crippen molar-refractivity contribution in [3.05, 3.63) is 28.2 Å². The van der Waals surface area contributed by atoms with Crippen molar-refractivity contribution in [1.82, 2.24) is 4.72 Å². The summed E-state index contributed by atoms with van der Waals surface area (Å²) in [6, 6.07) is 4.42. The second-order valence-electron chi connectivity index (χ2n) is 4.65. The molecule has 10 heteroatoms. The van der Waals surface area contributed by atoms with Crippen molar-refractivity contribution in [2.45, 2.75) is 13.3 Å². The molecule has 0 amide bonds. The number of benzene rings is 1. The molecular weight excluding hydrogens is 371 g/mol. The van der Waals surface area contributed by atoms with E-state index in [4.69, 9.17) is 23.2 Å². The molecule has 0 aliphatic rings. The second-order valence-corrected chi connectivity index (χ2v) is 9.29. The van der Waals surface area contributed by atoms with Crippen LogP contribution in [0.15, 0.2) is 18.2 Å². The van der Waals surface area contributed by atoms with Gasteiger partial charge in [0.2, 0.25) is 20.0 Å². The number of nitrogens with zero attached hydrogens (tertiary/aromatic N) is 1. The SMILES string of the molecule is CCCS(=O)(=O)NCCN(c1ccc(Cl)c(Cl)c1)S(C)(=O)=O. The van der Waals surface area contributed by atoms with Crippen LogP contribution in [0.1, 0.15) is 13.3 Å². The van der Waals surface area contributed by atoms with Gasteiger partial charge in [0.25, 0.3) is 0 Å². The Morgan fingerprint density at radius 1 is 1.14 bits per heavy atom. The van der Waals surface area contributed by atoms with E-state index in [1.54, 1.807) is 6.92 Å². The molecule has 0 bridgehead atoms. The van der Waals surface area contributed by atoms with Crippen LogP contribution in [0, 0.1) is 0 Å². The zero-order chi connectivity index (χ0) is 17.0. The number of anilines is 1. The first kappa shape index (κ1) is 19.5. The molecule has 0 aliphatic carbocycles. The summed E-state index contributed by atoms with van der Waals surface area (Å²) in [7, 11) is -6.97. The number of hydrogen-bond acceptors (Lipinski definition) is 4. The summed E-state index contributed by atoms with van der Waals surface area (Å²) in [6.45, 7) is 1.67. The zero-order valence-electron chi connectivity index (χ0n) is 12.2. The van der Waals surface area contributed by atoms with Crippen molar-refractivity contribution in [3.8, 4) is 0 Å². The molecule has 0 radical (unpaired) electrons. The van der Waals surface area contributed by atoms with Gasteiger partial charge in [-0.25, -0.2) is 21.6 Å². The third-order valence-electron chi connectivity index (χ3n) is 2.70. The number of halogens is 2. The highest BCUT2D eigenvalue weighted by Crippen LogP contribution is 2.28. The Bertz CT molecular complexity index is 721. The number of hydrogen-bond donors (Lipinski definition) is 1. The number of nitrogens with one attached hydrogen (secondary N) is 1. The average molecular weight is 389 g/mol. The minimum absolute atomic E-state index is 0.00134. The highest BCUT2D eigenvalue weighted by molar-refractivity contribution is 7.92. The maximum atomic E-state index is 11.9. The summed E-state index contributed by atoms with van der Waals surface area (Å²) in [4.78, 5) is 0. The molecule has 1 rings (SSSR count). The number of sulfonamides is 2. The molecular formula is C12H18Cl2N2O4S2. The predicted octanol–water partition coefficient (Wildman–Crippen LogP) is 2.09. The molecule has 0 atom stereocenters. The first-order valence-electron chi connectivity index (χ1n) is 6.47. The normalized spacial score (nSPS) is 12.4. The van der Waals surface area contributed by atoms with Crippen LogP contribution in [0.5, 0.6) is 0 Å². The van der Waals surface area contributed by atoms with Gasteiger partial charge in [-0.1, -0.05) is 30.1 Å². The van der Waals surface area contributed by atoms with Gasteiger partial charge < -0.3 is 0 Å². The fraction of sp³-hybridized carbons (Fsp3) is 0.500. The van der Waals surface area contributed by atoms with Gasteiger partial charge in [-0.3, -0.25) is 4.31 Å². The van der Waals surface area contributed by atoms with Crippen molar-refractivity contribution < 1.29 is 16.8 Å². The van der Waals surface area contributed by atoms with E-state index in [0.717, 1.165) is 10.6 Å². The maximum Gasteiger partial charge on any atom is 0.232 e. The molecule has 0 unspecified atom stereocenters. The zero-order valence-corrected chi connectivity index (χ0v) is 15.4. The smallest absolute Gasteiger partial charge is 0.232 e. The molecule has 0 heterocycles. The fourth-order valence-electron chi connectivity index (χ4n) is 1.77. The van der Waals surface area contributed by atoms with E-state index in [-0.39, 0.29) is 23.9 Å². The summed E-state index contributed by atoms with van der Waals surface area (Å²) in [5.41, 5.74) is 0.326. The highest BCUT2D eigenvalue weighted by atomic mass is 35.5. The Balaban J connectivity index is 2.90. The van der Waals surface area contributed by atoms with Crippen molar-refractivity contribution >= 4 is 48.9 Å². The Labute approximate surface area is 141 Å². The predicted molar refractivity (Wildman–Crippen MR) is 90.7 cm³/mol. The van der Waals surface area contributed by atoms with Crippen LogP contribution in [-0.4, -0.2) is 41.9 Å². The monoisotopic (exact) mass is 388 g/mol. The van der Waals surface area contributed by atoms with Crippen LogP contribution >= 0.6 is 23.2 Å². The number of rotatable bonds is 8. The summed E-state index contributed by atoms with van der Waals surface area (Å²) in [6.07, 6.45) is 1.52. The highest BCUT2D eigenvalue weighted by Gasteiger charge is 2.19. The minimum atomic E-state index is -3.58. The van der Waals surface area contributed by atoms with E-state index >= 15 is 0 Å². The topological polar surface area (TPSA) is 83.6 Å². The minimum Gasteiger partial charge on any atom is -0.269 e. The first-order valence-corrected chi connectivity index (χ1v) is 10.7. The van der Waals surface area contributed by atoms with Gasteiger partial charge in [-0.15, -0.1) is 0 Å². The van der Waals surface area contributed by atoms with Crippen molar-refractivity contribution in [3.63, 3.8) is 0 Å². The summed E-state index contributed by atoms with van der Waals surface area (Å²) >= 11 is 11.7. The average Bonchev–Trinajstić information content (AvgIpc) is 2.36. The van der Waals surface area contributed by atoms with Crippen LogP contribution in [0.2, 0.25) is 10.0 Å². The van der Waals surface area contributed by atoms with Gasteiger partial charge in [0.05, 0.1) is 27.7 Å². The van der Waals surface area contributed by atoms with Gasteiger partial charge in [-0.2, -0.15) is 0 Å². The molecule has 126 valence electrons. The van der Waals surface area contributed by atoms with Crippen LogP contribution in [-0.2, 0) is 20.0 Å². The fourth-order valence-corrected chi connectivity index (χ4v) is 4.07. The maximum absolute atomic E-state index is 11.9. The van der Waals surface area contributed by atoms with Gasteiger partial charge in [0.15, 0.2) is 0 Å². The lowest BCUT2D eigenvalue weighted by Gasteiger charge is -2.23. The van der Waals surface area contributed by atoms with Crippen molar-refractivity contribution in [2.75, 3.05) is 29.4 Å². The second kappa shape index (κ2) is 7.83. The molecule has 0 aliphatic heterocycles. The Morgan fingerprint density at radius 3 is 2.27 bits per heavy atom. The van der Waals surface area contributed by atoms with E-state index in [1.165, 1.54) is 18.2 Å². The molecule has 1 aromatic rings.